The van der Waals surface area contributed by atoms with Crippen LogP contribution in [-0.4, -0.2) is 57.0 Å². The van der Waals surface area contributed by atoms with Crippen LogP contribution in [0.3, 0.4) is 0 Å². The Morgan fingerprint density at radius 2 is 2.09 bits per heavy atom. The van der Waals surface area contributed by atoms with Gasteiger partial charge in [0, 0.05) is 5.41 Å². The number of ether oxygens (including phenoxy) is 2. The number of esters is 1. The molecule has 2 saturated heterocycles. The third-order valence-corrected chi connectivity index (χ3v) is 7.29. The predicted octanol–water partition coefficient (Wildman–Crippen LogP) is 2.85. The second-order valence-corrected chi connectivity index (χ2v) is 10.8. The van der Waals surface area contributed by atoms with Crippen molar-refractivity contribution in [3.63, 3.8) is 0 Å². The van der Waals surface area contributed by atoms with Crippen LogP contribution in [0, 0.1) is 11.3 Å². The van der Waals surface area contributed by atoms with E-state index < -0.39 is 37.6 Å². The Balaban J connectivity index is 1.43. The molecule has 0 aromatic carbocycles. The van der Waals surface area contributed by atoms with Crippen molar-refractivity contribution < 1.29 is 32.4 Å². The molecule has 0 aliphatic carbocycles. The summed E-state index contributed by atoms with van der Waals surface area (Å²) in [6, 6.07) is 0. The number of carbonyl (C=O) groups excluding carboxylic acids is 1. The van der Waals surface area contributed by atoms with Gasteiger partial charge < -0.3 is 15.2 Å². The number of phosphoric acid groups is 1. The molecule has 2 fully saturated rings. The van der Waals surface area contributed by atoms with E-state index in [1.54, 1.807) is 31.7 Å². The number of aromatic nitrogens is 4. The van der Waals surface area contributed by atoms with Gasteiger partial charge in [0.2, 0.25) is 0 Å². The number of rotatable bonds is 7. The van der Waals surface area contributed by atoms with Gasteiger partial charge in [-0.1, -0.05) is 20.8 Å². The number of nitrogens with zero attached hydrogens (tertiary/aromatic N) is 4. The van der Waals surface area contributed by atoms with Gasteiger partial charge in [-0.05, 0) is 20.3 Å². The zero-order valence-corrected chi connectivity index (χ0v) is 20.2. The SMILES string of the molecule is CC(C)OC(=O)[C@@H](C)CCO[P@]1(=O)OC[C@H]2O[C@@H](n3cnc4c(N)ncnc43)C(C)(C)[C@@H]2O1. The molecule has 5 atom stereocenters. The Bertz CT molecular complexity index is 1070. The van der Waals surface area contributed by atoms with Crippen LogP contribution in [0.4, 0.5) is 5.82 Å². The largest absolute Gasteiger partial charge is 0.475 e. The summed E-state index contributed by atoms with van der Waals surface area (Å²) in [6.45, 7) is 9.25. The molecule has 2 aliphatic heterocycles. The summed E-state index contributed by atoms with van der Waals surface area (Å²) in [7, 11) is -3.84. The third kappa shape index (κ3) is 4.63. The normalized spacial score (nSPS) is 29.8. The fourth-order valence-corrected chi connectivity index (χ4v) is 5.58. The quantitative estimate of drug-likeness (QED) is 0.457. The lowest BCUT2D eigenvalue weighted by atomic mass is 9.84. The summed E-state index contributed by atoms with van der Waals surface area (Å²) in [4.78, 5) is 24.5. The van der Waals surface area contributed by atoms with E-state index in [9.17, 15) is 9.36 Å². The van der Waals surface area contributed by atoms with Gasteiger partial charge in [-0.2, -0.15) is 0 Å². The first-order valence-corrected chi connectivity index (χ1v) is 12.3. The van der Waals surface area contributed by atoms with Crippen molar-refractivity contribution in [2.75, 3.05) is 18.9 Å². The number of hydrogen-bond acceptors (Lipinski definition) is 11. The zero-order chi connectivity index (χ0) is 24.0. The van der Waals surface area contributed by atoms with Gasteiger partial charge in [-0.3, -0.25) is 22.9 Å². The van der Waals surface area contributed by atoms with E-state index >= 15 is 0 Å². The molecule has 2 aliphatic rings. The second-order valence-electron chi connectivity index (χ2n) is 9.21. The van der Waals surface area contributed by atoms with Gasteiger partial charge in [-0.25, -0.2) is 19.5 Å². The van der Waals surface area contributed by atoms with Crippen molar-refractivity contribution in [3.05, 3.63) is 12.7 Å². The maximum Gasteiger partial charge on any atom is 0.475 e. The maximum absolute atomic E-state index is 13.1. The zero-order valence-electron chi connectivity index (χ0n) is 19.3. The minimum Gasteiger partial charge on any atom is -0.463 e. The van der Waals surface area contributed by atoms with Gasteiger partial charge in [0.05, 0.1) is 31.6 Å². The van der Waals surface area contributed by atoms with Gasteiger partial charge in [0.15, 0.2) is 11.5 Å². The summed E-state index contributed by atoms with van der Waals surface area (Å²) < 4.78 is 43.1. The van der Waals surface area contributed by atoms with Crippen LogP contribution in [0.25, 0.3) is 11.2 Å². The van der Waals surface area contributed by atoms with Crippen LogP contribution in [0.2, 0.25) is 0 Å². The lowest BCUT2D eigenvalue weighted by Crippen LogP contribution is -2.41. The van der Waals surface area contributed by atoms with E-state index in [0.717, 1.165) is 0 Å². The molecule has 2 aromatic rings. The molecular weight excluding hydrogens is 453 g/mol. The molecule has 33 heavy (non-hydrogen) atoms. The topological polar surface area (TPSA) is 150 Å². The molecule has 4 rings (SSSR count). The lowest BCUT2D eigenvalue weighted by molar-refractivity contribution is -0.152. The Labute approximate surface area is 191 Å². The molecule has 12 nitrogen and oxygen atoms in total. The molecule has 0 radical (unpaired) electrons. The summed E-state index contributed by atoms with van der Waals surface area (Å²) in [6.07, 6.45) is 1.52. The summed E-state index contributed by atoms with van der Waals surface area (Å²) in [5.41, 5.74) is 6.28. The fraction of sp³-hybridized carbons (Fsp3) is 0.700. The Kier molecular flexibility index (Phi) is 6.49. The number of nitrogen functional groups attached to an aromatic ring is 1. The summed E-state index contributed by atoms with van der Waals surface area (Å²) >= 11 is 0. The van der Waals surface area contributed by atoms with E-state index in [4.69, 9.17) is 28.8 Å². The molecule has 4 heterocycles. The van der Waals surface area contributed by atoms with Crippen molar-refractivity contribution in [2.45, 2.75) is 65.6 Å². The van der Waals surface area contributed by atoms with Crippen LogP contribution in [0.1, 0.15) is 47.3 Å². The van der Waals surface area contributed by atoms with E-state index in [0.29, 0.717) is 17.6 Å². The Hall–Kier alpha value is -2.11. The molecule has 13 heteroatoms. The fourth-order valence-electron chi connectivity index (χ4n) is 4.04. The molecule has 0 amide bonds. The number of fused-ring (bicyclic) bond motifs is 2. The highest BCUT2D eigenvalue weighted by Crippen LogP contribution is 2.61. The monoisotopic (exact) mass is 483 g/mol. The van der Waals surface area contributed by atoms with E-state index in [-0.39, 0.29) is 31.1 Å². The number of phosphoric ester groups is 1. The number of anilines is 1. The van der Waals surface area contributed by atoms with Crippen LogP contribution < -0.4 is 5.73 Å². The molecule has 0 bridgehead atoms. The molecule has 0 spiro atoms. The Morgan fingerprint density at radius 3 is 2.82 bits per heavy atom. The molecule has 0 saturated carbocycles. The van der Waals surface area contributed by atoms with Crippen molar-refractivity contribution in [3.8, 4) is 0 Å². The first kappa shape index (κ1) is 24.0. The van der Waals surface area contributed by atoms with Crippen molar-refractivity contribution >= 4 is 30.8 Å². The second kappa shape index (κ2) is 8.92. The van der Waals surface area contributed by atoms with Crippen molar-refractivity contribution in [1.29, 1.82) is 0 Å². The highest BCUT2D eigenvalue weighted by atomic mass is 31.2. The predicted molar refractivity (Wildman–Crippen MR) is 117 cm³/mol. The average molecular weight is 483 g/mol. The minimum absolute atomic E-state index is 0.0239. The van der Waals surface area contributed by atoms with Crippen LogP contribution in [0.15, 0.2) is 12.7 Å². The number of nitrogens with two attached hydrogens (primary N) is 1. The highest BCUT2D eigenvalue weighted by Gasteiger charge is 2.58. The average Bonchev–Trinajstić information content (AvgIpc) is 3.27. The number of imidazole rings is 1. The Morgan fingerprint density at radius 1 is 1.33 bits per heavy atom. The van der Waals surface area contributed by atoms with E-state index in [2.05, 4.69) is 15.0 Å². The van der Waals surface area contributed by atoms with Crippen molar-refractivity contribution in [1.82, 2.24) is 19.5 Å². The third-order valence-electron chi connectivity index (χ3n) is 5.84. The maximum atomic E-state index is 13.1. The molecule has 182 valence electrons. The standard InChI is InChI=1S/C20H30N5O7P/c1-11(2)30-18(26)12(3)6-7-28-33(27)29-8-13-15(32-33)20(4,5)19(31-13)25-10-24-14-16(21)22-9-23-17(14)25/h9-13,15,19H,6-8H2,1-5H3,(H2,21,22,23)/t12-,13+,15+,19+,33+/m0/s1. The van der Waals surface area contributed by atoms with Gasteiger partial charge >= 0.3 is 13.8 Å². The lowest BCUT2D eigenvalue weighted by Gasteiger charge is -2.36. The van der Waals surface area contributed by atoms with E-state index in [1.165, 1.54) is 6.33 Å². The van der Waals surface area contributed by atoms with Crippen LogP contribution in [-0.2, 0) is 32.4 Å². The number of hydrogen-bond donors (Lipinski definition) is 1. The van der Waals surface area contributed by atoms with Gasteiger partial charge in [-0.15, -0.1) is 0 Å². The molecule has 0 unspecified atom stereocenters. The van der Waals surface area contributed by atoms with Crippen molar-refractivity contribution in [2.24, 2.45) is 11.3 Å². The minimum atomic E-state index is -3.84. The highest BCUT2D eigenvalue weighted by molar-refractivity contribution is 7.48. The first-order valence-electron chi connectivity index (χ1n) is 10.9. The van der Waals surface area contributed by atoms with Crippen LogP contribution in [0.5, 0.6) is 0 Å². The smallest absolute Gasteiger partial charge is 0.463 e. The van der Waals surface area contributed by atoms with Crippen LogP contribution >= 0.6 is 7.82 Å². The molecular formula is C20H30N5O7P. The molecule has 2 aromatic heterocycles. The summed E-state index contributed by atoms with van der Waals surface area (Å²) in [5, 5.41) is 0. The molecule has 2 N–H and O–H groups in total. The summed E-state index contributed by atoms with van der Waals surface area (Å²) in [5.74, 6) is -0.463. The van der Waals surface area contributed by atoms with E-state index in [1.807, 2.05) is 13.8 Å². The number of carbonyl (C=O) groups is 1. The van der Waals surface area contributed by atoms with Gasteiger partial charge in [0.25, 0.3) is 0 Å². The first-order chi connectivity index (χ1) is 15.5. The van der Waals surface area contributed by atoms with Gasteiger partial charge in [0.1, 0.15) is 30.3 Å².